The molecule has 1 aromatic rings. The molecule has 25 heavy (non-hydrogen) atoms. The molecule has 2 aliphatic rings. The average molecular weight is 387 g/mol. The van der Waals surface area contributed by atoms with E-state index < -0.39 is 15.6 Å². The summed E-state index contributed by atoms with van der Waals surface area (Å²) in [4.78, 5) is 21.9. The Kier molecular flexibility index (Phi) is 5.18. The molecule has 0 saturated carbocycles. The first-order chi connectivity index (χ1) is 11.7. The number of nitrogens with one attached hydrogen (secondary N) is 1. The lowest BCUT2D eigenvalue weighted by Crippen LogP contribution is -2.58. The Morgan fingerprint density at radius 2 is 2.04 bits per heavy atom. The predicted octanol–water partition coefficient (Wildman–Crippen LogP) is 1.19. The van der Waals surface area contributed by atoms with Gasteiger partial charge in [0.05, 0.1) is 29.6 Å². The predicted molar refractivity (Wildman–Crippen MR) is 98.9 cm³/mol. The number of hydrogen-bond donors (Lipinski definition) is 1. The van der Waals surface area contributed by atoms with Gasteiger partial charge in [-0.2, -0.15) is 4.31 Å². The number of likely N-dealkylation sites (tertiary alicyclic amines) is 1. The van der Waals surface area contributed by atoms with Gasteiger partial charge in [-0.3, -0.25) is 4.79 Å². The number of carbonyl (C=O) groups excluding carboxylic acids is 1. The average Bonchev–Trinajstić information content (AvgIpc) is 3.02. The fourth-order valence-corrected chi connectivity index (χ4v) is 5.87. The van der Waals surface area contributed by atoms with Crippen molar-refractivity contribution in [2.75, 3.05) is 31.6 Å². The highest BCUT2D eigenvalue weighted by atomic mass is 32.2. The number of imidazole rings is 1. The Balaban J connectivity index is 1.81. The maximum Gasteiger partial charge on any atom is 0.232 e. The number of amides is 1. The molecule has 3 heterocycles. The molecule has 1 amide bonds. The topological polar surface area (TPSA) is 86.4 Å². The van der Waals surface area contributed by atoms with E-state index in [0.717, 1.165) is 11.4 Å². The van der Waals surface area contributed by atoms with Gasteiger partial charge in [-0.1, -0.05) is 13.8 Å². The molecule has 9 heteroatoms. The van der Waals surface area contributed by atoms with Crippen molar-refractivity contribution < 1.29 is 13.2 Å². The number of H-pyrrole nitrogens is 1. The Labute approximate surface area is 153 Å². The van der Waals surface area contributed by atoms with Crippen LogP contribution in [0.25, 0.3) is 0 Å². The largest absolute Gasteiger partial charge is 0.348 e. The van der Waals surface area contributed by atoms with Gasteiger partial charge in [0.25, 0.3) is 0 Å². The fraction of sp³-hybridized carbons (Fsp3) is 0.750. The van der Waals surface area contributed by atoms with Gasteiger partial charge < -0.3 is 9.88 Å². The summed E-state index contributed by atoms with van der Waals surface area (Å²) in [5, 5.41) is 0.422. The van der Waals surface area contributed by atoms with Gasteiger partial charge in [0.15, 0.2) is 0 Å². The van der Waals surface area contributed by atoms with Gasteiger partial charge >= 0.3 is 0 Å². The number of sulfonamides is 1. The number of aromatic amines is 1. The van der Waals surface area contributed by atoms with Crippen LogP contribution < -0.4 is 0 Å². The Hall–Kier alpha value is -1.06. The lowest BCUT2D eigenvalue weighted by atomic mass is 9.80. The second-order valence-electron chi connectivity index (χ2n) is 7.09. The normalized spacial score (nSPS) is 20.9. The quantitative estimate of drug-likeness (QED) is 0.840. The van der Waals surface area contributed by atoms with Crippen LogP contribution in [-0.4, -0.2) is 70.4 Å². The first-order valence-electron chi connectivity index (χ1n) is 8.64. The third-order valence-electron chi connectivity index (χ3n) is 5.09. The molecule has 0 aliphatic carbocycles. The maximum absolute atomic E-state index is 12.4. The van der Waals surface area contributed by atoms with Gasteiger partial charge in [-0.25, -0.2) is 13.4 Å². The molecule has 1 fully saturated rings. The van der Waals surface area contributed by atoms with Gasteiger partial charge in [0.1, 0.15) is 0 Å². The fourth-order valence-electron chi connectivity index (χ4n) is 3.88. The minimum atomic E-state index is -3.34. The van der Waals surface area contributed by atoms with Crippen LogP contribution in [0, 0.1) is 0 Å². The van der Waals surface area contributed by atoms with E-state index in [9.17, 15) is 13.2 Å². The van der Waals surface area contributed by atoms with Crippen molar-refractivity contribution in [2.45, 2.75) is 43.9 Å². The van der Waals surface area contributed by atoms with Gasteiger partial charge in [-0.15, -0.1) is 11.8 Å². The molecule has 0 aromatic carbocycles. The second kappa shape index (κ2) is 6.92. The van der Waals surface area contributed by atoms with Gasteiger partial charge in [0.2, 0.25) is 15.9 Å². The molecule has 0 unspecified atom stereocenters. The highest BCUT2D eigenvalue weighted by Crippen LogP contribution is 2.43. The highest BCUT2D eigenvalue weighted by Gasteiger charge is 2.50. The number of aromatic nitrogens is 2. The molecule has 1 spiro atoms. The van der Waals surface area contributed by atoms with Crippen LogP contribution in [0.3, 0.4) is 0 Å². The monoisotopic (exact) mass is 386 g/mol. The zero-order chi connectivity index (χ0) is 18.2. The Morgan fingerprint density at radius 3 is 2.64 bits per heavy atom. The summed E-state index contributed by atoms with van der Waals surface area (Å²) in [6.07, 6.45) is 4.75. The number of thioether (sulfide) groups is 1. The van der Waals surface area contributed by atoms with Crippen LogP contribution in [0.15, 0.2) is 6.33 Å². The smallest absolute Gasteiger partial charge is 0.232 e. The second-order valence-corrected chi connectivity index (χ2v) is 10.6. The van der Waals surface area contributed by atoms with Crippen LogP contribution in [-0.2, 0) is 26.8 Å². The van der Waals surface area contributed by atoms with E-state index in [1.54, 1.807) is 22.4 Å². The summed E-state index contributed by atoms with van der Waals surface area (Å²) in [6, 6.07) is 0. The minimum absolute atomic E-state index is 0.137. The van der Waals surface area contributed by atoms with E-state index in [4.69, 9.17) is 0 Å². The van der Waals surface area contributed by atoms with Crippen molar-refractivity contribution in [3.05, 3.63) is 17.7 Å². The molecular formula is C16H26N4O3S2. The summed E-state index contributed by atoms with van der Waals surface area (Å²) in [7, 11) is -3.34. The standard InChI is InChI=1S/C16H26N4O3S2/c1-12(2)24-10-14(21)19-8-5-16(6-9-19)15-13(17-11-18-15)4-7-20(16)25(3,22)23/h11-12H,4-10H2,1-3H3,(H,17,18). The molecule has 2 aliphatic heterocycles. The van der Waals surface area contributed by atoms with Crippen molar-refractivity contribution in [1.29, 1.82) is 0 Å². The summed E-state index contributed by atoms with van der Waals surface area (Å²) >= 11 is 1.64. The van der Waals surface area contributed by atoms with Crippen molar-refractivity contribution in [2.24, 2.45) is 0 Å². The molecule has 0 radical (unpaired) electrons. The van der Waals surface area contributed by atoms with Gasteiger partial charge in [-0.05, 0) is 18.1 Å². The highest BCUT2D eigenvalue weighted by molar-refractivity contribution is 8.00. The number of piperidine rings is 1. The van der Waals surface area contributed by atoms with Gasteiger partial charge in [0, 0.05) is 31.7 Å². The Morgan fingerprint density at radius 1 is 1.36 bits per heavy atom. The third-order valence-corrected chi connectivity index (χ3v) is 7.50. The summed E-state index contributed by atoms with van der Waals surface area (Å²) in [5.41, 5.74) is 1.24. The zero-order valence-corrected chi connectivity index (χ0v) is 16.6. The summed E-state index contributed by atoms with van der Waals surface area (Å²) < 4.78 is 26.4. The van der Waals surface area contributed by atoms with Crippen molar-refractivity contribution in [3.63, 3.8) is 0 Å². The number of rotatable bonds is 4. The SMILES string of the molecule is CC(C)SCC(=O)N1CCC2(CC1)c1nc[nH]c1CCN2S(C)(=O)=O. The van der Waals surface area contributed by atoms with E-state index in [1.165, 1.54) is 6.26 Å². The van der Waals surface area contributed by atoms with E-state index in [0.29, 0.717) is 49.9 Å². The number of hydrogen-bond acceptors (Lipinski definition) is 5. The first-order valence-corrected chi connectivity index (χ1v) is 11.5. The van der Waals surface area contributed by atoms with E-state index in [2.05, 4.69) is 23.8 Å². The van der Waals surface area contributed by atoms with Crippen LogP contribution >= 0.6 is 11.8 Å². The lowest BCUT2D eigenvalue weighted by molar-refractivity contribution is -0.130. The van der Waals surface area contributed by atoms with E-state index in [1.807, 2.05) is 4.90 Å². The minimum Gasteiger partial charge on any atom is -0.348 e. The molecule has 0 bridgehead atoms. The van der Waals surface area contributed by atoms with Crippen LogP contribution in [0.4, 0.5) is 0 Å². The molecule has 1 aromatic heterocycles. The van der Waals surface area contributed by atoms with Crippen LogP contribution in [0.2, 0.25) is 0 Å². The molecule has 140 valence electrons. The summed E-state index contributed by atoms with van der Waals surface area (Å²) in [6.45, 7) is 5.75. The number of nitrogens with zero attached hydrogens (tertiary/aromatic N) is 3. The zero-order valence-electron chi connectivity index (χ0n) is 15.0. The van der Waals surface area contributed by atoms with Crippen molar-refractivity contribution in [1.82, 2.24) is 19.2 Å². The van der Waals surface area contributed by atoms with E-state index >= 15 is 0 Å². The molecular weight excluding hydrogens is 360 g/mol. The first kappa shape index (κ1) is 18.7. The number of fused-ring (bicyclic) bond motifs is 2. The molecule has 1 saturated heterocycles. The molecule has 0 atom stereocenters. The molecule has 1 N–H and O–H groups in total. The van der Waals surface area contributed by atoms with E-state index in [-0.39, 0.29) is 5.91 Å². The van der Waals surface area contributed by atoms with Crippen molar-refractivity contribution >= 4 is 27.7 Å². The molecule has 7 nitrogen and oxygen atoms in total. The van der Waals surface area contributed by atoms with Crippen molar-refractivity contribution in [3.8, 4) is 0 Å². The van der Waals surface area contributed by atoms with Crippen LogP contribution in [0.5, 0.6) is 0 Å². The molecule has 3 rings (SSSR count). The Bertz CT molecular complexity index is 736. The summed E-state index contributed by atoms with van der Waals surface area (Å²) in [5.74, 6) is 0.617. The number of carbonyl (C=O) groups is 1. The van der Waals surface area contributed by atoms with Crippen LogP contribution in [0.1, 0.15) is 38.1 Å². The maximum atomic E-state index is 12.4. The third kappa shape index (κ3) is 3.59. The lowest BCUT2D eigenvalue weighted by Gasteiger charge is -2.49.